The molecule has 96 valence electrons. The molecule has 0 radical (unpaired) electrons. The molecule has 0 N–H and O–H groups in total. The number of rotatable bonds is 7. The van der Waals surface area contributed by atoms with Crippen molar-refractivity contribution in [3.8, 4) is 0 Å². The highest BCUT2D eigenvalue weighted by Crippen LogP contribution is 2.14. The summed E-state index contributed by atoms with van der Waals surface area (Å²) in [5.74, 6) is -0.277. The molecule has 0 heterocycles. The first-order chi connectivity index (χ1) is 8.15. The van der Waals surface area contributed by atoms with E-state index in [0.29, 0.717) is 12.4 Å². The summed E-state index contributed by atoms with van der Waals surface area (Å²) in [5.41, 5.74) is 0.146. The Morgan fingerprint density at radius 3 is 2.35 bits per heavy atom. The van der Waals surface area contributed by atoms with Crippen LogP contribution >= 0.6 is 11.6 Å². The molecule has 0 aliphatic heterocycles. The minimum atomic E-state index is -0.474. The van der Waals surface area contributed by atoms with Gasteiger partial charge in [-0.05, 0) is 38.6 Å². The van der Waals surface area contributed by atoms with Gasteiger partial charge < -0.3 is 4.90 Å². The summed E-state index contributed by atoms with van der Waals surface area (Å²) in [4.78, 5) is 1.93. The van der Waals surface area contributed by atoms with Crippen LogP contribution in [0.15, 0.2) is 18.2 Å². The first kappa shape index (κ1) is 14.4. The zero-order valence-corrected chi connectivity index (χ0v) is 10.8. The van der Waals surface area contributed by atoms with Gasteiger partial charge in [0.15, 0.2) is 0 Å². The molecule has 0 saturated carbocycles. The summed E-state index contributed by atoms with van der Waals surface area (Å²) in [7, 11) is 1.87. The predicted molar refractivity (Wildman–Crippen MR) is 67.3 cm³/mol. The fourth-order valence-electron chi connectivity index (χ4n) is 1.69. The standard InChI is InChI=1S/C13H18ClF2N/c1-17(9-4-2-3-8-14)10-11-12(15)6-5-7-13(11)16/h5-7H,2-4,8-10H2,1H3. The number of halogens is 3. The van der Waals surface area contributed by atoms with Gasteiger partial charge in [0.1, 0.15) is 11.6 Å². The molecule has 1 nitrogen and oxygen atoms in total. The van der Waals surface area contributed by atoms with Gasteiger partial charge in [-0.2, -0.15) is 0 Å². The van der Waals surface area contributed by atoms with Crippen molar-refractivity contribution >= 4 is 11.6 Å². The molecule has 0 saturated heterocycles. The molecular weight excluding hydrogens is 244 g/mol. The summed E-state index contributed by atoms with van der Waals surface area (Å²) < 4.78 is 26.7. The van der Waals surface area contributed by atoms with Crippen LogP contribution in [-0.4, -0.2) is 24.4 Å². The molecule has 17 heavy (non-hydrogen) atoms. The van der Waals surface area contributed by atoms with Crippen LogP contribution in [0.25, 0.3) is 0 Å². The van der Waals surface area contributed by atoms with Crippen molar-refractivity contribution in [1.82, 2.24) is 4.90 Å². The number of alkyl halides is 1. The zero-order chi connectivity index (χ0) is 12.7. The van der Waals surface area contributed by atoms with E-state index >= 15 is 0 Å². The number of hydrogen-bond acceptors (Lipinski definition) is 1. The zero-order valence-electron chi connectivity index (χ0n) is 10.1. The molecule has 0 bridgehead atoms. The fourth-order valence-corrected chi connectivity index (χ4v) is 1.87. The van der Waals surface area contributed by atoms with Gasteiger partial charge >= 0.3 is 0 Å². The number of nitrogens with zero attached hydrogens (tertiary/aromatic N) is 1. The fraction of sp³-hybridized carbons (Fsp3) is 0.538. The van der Waals surface area contributed by atoms with E-state index in [0.717, 1.165) is 25.8 Å². The molecule has 4 heteroatoms. The third kappa shape index (κ3) is 5.00. The average Bonchev–Trinajstić information content (AvgIpc) is 2.30. The minimum Gasteiger partial charge on any atom is -0.302 e. The first-order valence-electron chi connectivity index (χ1n) is 5.82. The molecule has 0 aliphatic carbocycles. The van der Waals surface area contributed by atoms with Crippen LogP contribution in [0.3, 0.4) is 0 Å². The van der Waals surface area contributed by atoms with Crippen LogP contribution in [0.5, 0.6) is 0 Å². The monoisotopic (exact) mass is 261 g/mol. The summed E-state index contributed by atoms with van der Waals surface area (Å²) >= 11 is 5.58. The van der Waals surface area contributed by atoms with Gasteiger partial charge in [0.05, 0.1) is 0 Å². The largest absolute Gasteiger partial charge is 0.302 e. The Hall–Kier alpha value is -0.670. The quantitative estimate of drug-likeness (QED) is 0.533. The van der Waals surface area contributed by atoms with Crippen molar-refractivity contribution in [3.63, 3.8) is 0 Å². The number of unbranched alkanes of at least 4 members (excludes halogenated alkanes) is 2. The smallest absolute Gasteiger partial charge is 0.130 e. The van der Waals surface area contributed by atoms with E-state index in [9.17, 15) is 8.78 Å². The van der Waals surface area contributed by atoms with Gasteiger partial charge in [-0.3, -0.25) is 0 Å². The highest BCUT2D eigenvalue weighted by Gasteiger charge is 2.10. The number of hydrogen-bond donors (Lipinski definition) is 0. The maximum atomic E-state index is 13.4. The van der Waals surface area contributed by atoms with Crippen molar-refractivity contribution < 1.29 is 8.78 Å². The van der Waals surface area contributed by atoms with Crippen LogP contribution in [0.1, 0.15) is 24.8 Å². The Morgan fingerprint density at radius 1 is 1.12 bits per heavy atom. The predicted octanol–water partition coefficient (Wildman–Crippen LogP) is 3.81. The Kier molecular flexibility index (Phi) is 6.45. The van der Waals surface area contributed by atoms with Crippen molar-refractivity contribution in [2.24, 2.45) is 0 Å². The van der Waals surface area contributed by atoms with Crippen LogP contribution < -0.4 is 0 Å². The van der Waals surface area contributed by atoms with Crippen molar-refractivity contribution in [2.45, 2.75) is 25.8 Å². The molecule has 0 atom stereocenters. The van der Waals surface area contributed by atoms with E-state index in [2.05, 4.69) is 0 Å². The molecule has 1 rings (SSSR count). The third-order valence-corrected chi connectivity index (χ3v) is 2.93. The molecule has 0 spiro atoms. The van der Waals surface area contributed by atoms with E-state index < -0.39 is 11.6 Å². The van der Waals surface area contributed by atoms with Crippen LogP contribution in [0.4, 0.5) is 8.78 Å². The van der Waals surface area contributed by atoms with Crippen LogP contribution in [-0.2, 0) is 6.54 Å². The summed E-state index contributed by atoms with van der Waals surface area (Å²) in [6, 6.07) is 3.97. The second-order valence-electron chi connectivity index (χ2n) is 4.19. The van der Waals surface area contributed by atoms with E-state index in [4.69, 9.17) is 11.6 Å². The van der Waals surface area contributed by atoms with Gasteiger partial charge in [0.25, 0.3) is 0 Å². The maximum absolute atomic E-state index is 13.4. The Labute approximate surface area is 106 Å². The Balaban J connectivity index is 2.42. The van der Waals surface area contributed by atoms with E-state index in [1.165, 1.54) is 18.2 Å². The first-order valence-corrected chi connectivity index (χ1v) is 6.36. The van der Waals surface area contributed by atoms with Crippen molar-refractivity contribution in [1.29, 1.82) is 0 Å². The van der Waals surface area contributed by atoms with Gasteiger partial charge in [-0.1, -0.05) is 12.5 Å². The normalized spacial score (nSPS) is 11.1. The van der Waals surface area contributed by atoms with Crippen molar-refractivity contribution in [3.05, 3.63) is 35.4 Å². The Bertz CT molecular complexity index is 324. The van der Waals surface area contributed by atoms with E-state index in [1.54, 1.807) is 0 Å². The molecule has 0 fully saturated rings. The lowest BCUT2D eigenvalue weighted by atomic mass is 10.1. The molecule has 0 unspecified atom stereocenters. The SMILES string of the molecule is CN(CCCCCCl)Cc1c(F)cccc1F. The molecule has 0 aliphatic rings. The summed E-state index contributed by atoms with van der Waals surface area (Å²) in [5, 5.41) is 0. The Morgan fingerprint density at radius 2 is 1.76 bits per heavy atom. The highest BCUT2D eigenvalue weighted by atomic mass is 35.5. The summed E-state index contributed by atoms with van der Waals surface area (Å²) in [6.07, 6.45) is 3.04. The minimum absolute atomic E-state index is 0.146. The molecule has 1 aromatic rings. The van der Waals surface area contributed by atoms with E-state index in [1.807, 2.05) is 11.9 Å². The average molecular weight is 262 g/mol. The van der Waals surface area contributed by atoms with Gasteiger partial charge in [0.2, 0.25) is 0 Å². The lowest BCUT2D eigenvalue weighted by molar-refractivity contribution is 0.307. The van der Waals surface area contributed by atoms with Crippen LogP contribution in [0, 0.1) is 11.6 Å². The second kappa shape index (κ2) is 7.62. The molecule has 0 aromatic heterocycles. The van der Waals surface area contributed by atoms with Crippen molar-refractivity contribution in [2.75, 3.05) is 19.5 Å². The van der Waals surface area contributed by atoms with Gasteiger partial charge in [0, 0.05) is 18.0 Å². The third-order valence-electron chi connectivity index (χ3n) is 2.66. The second-order valence-corrected chi connectivity index (χ2v) is 4.57. The topological polar surface area (TPSA) is 3.24 Å². The molecular formula is C13H18ClF2N. The number of benzene rings is 1. The lowest BCUT2D eigenvalue weighted by Gasteiger charge is -2.17. The van der Waals surface area contributed by atoms with Gasteiger partial charge in [-0.15, -0.1) is 11.6 Å². The van der Waals surface area contributed by atoms with Gasteiger partial charge in [-0.25, -0.2) is 8.78 Å². The lowest BCUT2D eigenvalue weighted by Crippen LogP contribution is -2.20. The van der Waals surface area contributed by atoms with E-state index in [-0.39, 0.29) is 5.56 Å². The highest BCUT2D eigenvalue weighted by molar-refractivity contribution is 6.17. The maximum Gasteiger partial charge on any atom is 0.130 e. The summed E-state index contributed by atoms with van der Waals surface area (Å²) in [6.45, 7) is 1.13. The molecule has 0 amide bonds. The molecule has 1 aromatic carbocycles. The van der Waals surface area contributed by atoms with Crippen LogP contribution in [0.2, 0.25) is 0 Å².